The maximum Gasteiger partial charge on any atom is 0.288 e. The van der Waals surface area contributed by atoms with Crippen molar-refractivity contribution in [1.82, 2.24) is 0 Å². The van der Waals surface area contributed by atoms with E-state index in [0.29, 0.717) is 16.0 Å². The molecule has 0 aliphatic carbocycles. The van der Waals surface area contributed by atoms with Gasteiger partial charge in [-0.3, -0.25) is 14.9 Å². The van der Waals surface area contributed by atoms with Crippen molar-refractivity contribution in [3.8, 4) is 0 Å². The largest absolute Gasteiger partial charge is 0.288 e. The Labute approximate surface area is 139 Å². The highest BCUT2D eigenvalue weighted by Gasteiger charge is 2.26. The molecular formula is C15H7Cl2NO3S. The standard InChI is InChI=1S/C15H7Cl2NO3S/c16-10-7-11(17)12(18(20)21)5-8(10)6-14-15(19)9-3-1-2-4-13(9)22-14/h1-7H. The lowest BCUT2D eigenvalue weighted by Crippen LogP contribution is -1.95. The molecule has 2 aromatic carbocycles. The van der Waals surface area contributed by atoms with E-state index in [4.69, 9.17) is 23.2 Å². The average Bonchev–Trinajstić information content (AvgIpc) is 2.78. The second kappa shape index (κ2) is 5.76. The lowest BCUT2D eigenvalue weighted by molar-refractivity contribution is -0.384. The molecule has 0 bridgehead atoms. The third-order valence-corrected chi connectivity index (χ3v) is 4.85. The molecule has 1 aliphatic rings. The maximum absolute atomic E-state index is 12.3. The van der Waals surface area contributed by atoms with Crippen LogP contribution >= 0.6 is 35.0 Å². The van der Waals surface area contributed by atoms with Gasteiger partial charge in [0.1, 0.15) is 5.02 Å². The number of hydrogen-bond donors (Lipinski definition) is 0. The minimum Gasteiger partial charge on any atom is -0.288 e. The summed E-state index contributed by atoms with van der Waals surface area (Å²) in [7, 11) is 0. The van der Waals surface area contributed by atoms with E-state index in [1.807, 2.05) is 12.1 Å². The summed E-state index contributed by atoms with van der Waals surface area (Å²) in [5, 5.41) is 11.2. The summed E-state index contributed by atoms with van der Waals surface area (Å²) in [5.74, 6) is -0.116. The quantitative estimate of drug-likeness (QED) is 0.422. The predicted octanol–water partition coefficient (Wildman–Crippen LogP) is 5.23. The Bertz CT molecular complexity index is 849. The number of Topliss-reactive ketones (excluding diaryl/α,β-unsaturated/α-hetero) is 1. The Morgan fingerprint density at radius 2 is 1.86 bits per heavy atom. The zero-order valence-corrected chi connectivity index (χ0v) is 13.2. The molecule has 0 saturated heterocycles. The summed E-state index contributed by atoms with van der Waals surface area (Å²) in [6, 6.07) is 9.82. The molecule has 0 atom stereocenters. The van der Waals surface area contributed by atoms with Gasteiger partial charge in [-0.2, -0.15) is 0 Å². The van der Waals surface area contributed by atoms with E-state index in [-0.39, 0.29) is 21.5 Å². The van der Waals surface area contributed by atoms with Crippen LogP contribution in [0.3, 0.4) is 0 Å². The van der Waals surface area contributed by atoms with Crippen molar-refractivity contribution in [1.29, 1.82) is 0 Å². The Kier molecular flexibility index (Phi) is 3.95. The molecule has 0 aromatic heterocycles. The summed E-state index contributed by atoms with van der Waals surface area (Å²) in [6.07, 6.45) is 1.55. The Morgan fingerprint density at radius 1 is 1.14 bits per heavy atom. The second-order valence-corrected chi connectivity index (χ2v) is 6.42. The van der Waals surface area contributed by atoms with E-state index in [0.717, 1.165) is 4.90 Å². The van der Waals surface area contributed by atoms with Crippen molar-refractivity contribution in [2.24, 2.45) is 0 Å². The molecule has 7 heteroatoms. The van der Waals surface area contributed by atoms with Gasteiger partial charge >= 0.3 is 0 Å². The third-order valence-electron chi connectivity index (χ3n) is 3.12. The SMILES string of the molecule is O=C1C(=Cc2cc([N+](=O)[O-])c(Cl)cc2Cl)Sc2ccccc21. The summed E-state index contributed by atoms with van der Waals surface area (Å²) in [4.78, 5) is 24.0. The highest BCUT2D eigenvalue weighted by Crippen LogP contribution is 2.42. The fourth-order valence-electron chi connectivity index (χ4n) is 2.08. The van der Waals surface area contributed by atoms with E-state index in [2.05, 4.69) is 0 Å². The number of allylic oxidation sites excluding steroid dienone is 1. The Morgan fingerprint density at radius 3 is 2.55 bits per heavy atom. The Balaban J connectivity index is 2.06. The molecule has 2 aromatic rings. The number of fused-ring (bicyclic) bond motifs is 1. The van der Waals surface area contributed by atoms with Gasteiger partial charge in [0, 0.05) is 27.1 Å². The number of nitro benzene ring substituents is 1. The zero-order chi connectivity index (χ0) is 15.9. The minimum atomic E-state index is -0.584. The molecule has 4 nitrogen and oxygen atoms in total. The number of carbonyl (C=O) groups is 1. The summed E-state index contributed by atoms with van der Waals surface area (Å²) in [5.41, 5.74) is 0.769. The average molecular weight is 352 g/mol. The van der Waals surface area contributed by atoms with Gasteiger partial charge in [-0.25, -0.2) is 0 Å². The molecule has 0 fully saturated rings. The van der Waals surface area contributed by atoms with Crippen LogP contribution in [0.2, 0.25) is 10.0 Å². The number of ketones is 1. The maximum atomic E-state index is 12.3. The van der Waals surface area contributed by atoms with Gasteiger partial charge < -0.3 is 0 Å². The van der Waals surface area contributed by atoms with Crippen LogP contribution in [0.15, 0.2) is 46.2 Å². The van der Waals surface area contributed by atoms with Gasteiger partial charge in [-0.15, -0.1) is 0 Å². The lowest BCUT2D eigenvalue weighted by Gasteiger charge is -2.02. The van der Waals surface area contributed by atoms with Gasteiger partial charge in [0.15, 0.2) is 0 Å². The first-order valence-corrected chi connectivity index (χ1v) is 7.71. The molecule has 0 N–H and O–H groups in total. The van der Waals surface area contributed by atoms with Crippen molar-refractivity contribution < 1.29 is 9.72 Å². The zero-order valence-electron chi connectivity index (χ0n) is 10.9. The molecule has 0 spiro atoms. The van der Waals surface area contributed by atoms with Gasteiger partial charge in [-0.05, 0) is 24.3 Å². The number of benzene rings is 2. The van der Waals surface area contributed by atoms with Gasteiger partial charge in [0.2, 0.25) is 5.78 Å². The summed E-state index contributed by atoms with van der Waals surface area (Å²) in [6.45, 7) is 0. The number of rotatable bonds is 2. The van der Waals surface area contributed by atoms with E-state index in [1.54, 1.807) is 18.2 Å². The normalized spacial score (nSPS) is 15.2. The van der Waals surface area contributed by atoms with Crippen LogP contribution in [0.4, 0.5) is 5.69 Å². The van der Waals surface area contributed by atoms with Crippen LogP contribution in [0.25, 0.3) is 6.08 Å². The van der Waals surface area contributed by atoms with E-state index >= 15 is 0 Å². The molecule has 0 unspecified atom stereocenters. The predicted molar refractivity (Wildman–Crippen MR) is 87.7 cm³/mol. The molecular weight excluding hydrogens is 345 g/mol. The number of thioether (sulfide) groups is 1. The van der Waals surface area contributed by atoms with Crippen molar-refractivity contribution in [2.75, 3.05) is 0 Å². The smallest absolute Gasteiger partial charge is 0.288 e. The van der Waals surface area contributed by atoms with Gasteiger partial charge in [0.25, 0.3) is 5.69 Å². The van der Waals surface area contributed by atoms with E-state index in [1.165, 1.54) is 23.9 Å². The fourth-order valence-corrected chi connectivity index (χ4v) is 3.63. The van der Waals surface area contributed by atoms with E-state index in [9.17, 15) is 14.9 Å². The number of halogens is 2. The first-order valence-electron chi connectivity index (χ1n) is 6.14. The summed E-state index contributed by atoms with van der Waals surface area (Å²) < 4.78 is 0. The number of nitro groups is 1. The van der Waals surface area contributed by atoms with Crippen LogP contribution in [0, 0.1) is 10.1 Å². The van der Waals surface area contributed by atoms with Gasteiger partial charge in [-0.1, -0.05) is 47.1 Å². The van der Waals surface area contributed by atoms with Crippen LogP contribution in [-0.2, 0) is 0 Å². The van der Waals surface area contributed by atoms with Crippen LogP contribution in [0.1, 0.15) is 15.9 Å². The summed E-state index contributed by atoms with van der Waals surface area (Å²) >= 11 is 13.2. The first kappa shape index (κ1) is 15.1. The number of nitrogens with zero attached hydrogens (tertiary/aromatic N) is 1. The second-order valence-electron chi connectivity index (χ2n) is 4.52. The fraction of sp³-hybridized carbons (Fsp3) is 0. The van der Waals surface area contributed by atoms with Crippen molar-refractivity contribution in [3.05, 3.63) is 72.6 Å². The van der Waals surface area contributed by atoms with E-state index < -0.39 is 4.92 Å². The molecule has 3 rings (SSSR count). The number of hydrogen-bond acceptors (Lipinski definition) is 4. The molecule has 1 heterocycles. The topological polar surface area (TPSA) is 60.2 Å². The molecule has 1 aliphatic heterocycles. The number of carbonyl (C=O) groups excluding carboxylic acids is 1. The van der Waals surface area contributed by atoms with Crippen molar-refractivity contribution in [3.63, 3.8) is 0 Å². The highest BCUT2D eigenvalue weighted by molar-refractivity contribution is 8.04. The lowest BCUT2D eigenvalue weighted by atomic mass is 10.1. The van der Waals surface area contributed by atoms with Gasteiger partial charge in [0.05, 0.1) is 9.83 Å². The van der Waals surface area contributed by atoms with Crippen LogP contribution < -0.4 is 0 Å². The highest BCUT2D eigenvalue weighted by atomic mass is 35.5. The molecule has 0 amide bonds. The Hall–Kier alpha value is -1.82. The van der Waals surface area contributed by atoms with Crippen LogP contribution in [0.5, 0.6) is 0 Å². The van der Waals surface area contributed by atoms with Crippen molar-refractivity contribution in [2.45, 2.75) is 4.90 Å². The molecule has 0 saturated carbocycles. The molecule has 0 radical (unpaired) electrons. The van der Waals surface area contributed by atoms with Crippen molar-refractivity contribution >= 4 is 52.5 Å². The molecule has 110 valence electrons. The monoisotopic (exact) mass is 351 g/mol. The molecule has 22 heavy (non-hydrogen) atoms. The van der Waals surface area contributed by atoms with Crippen LogP contribution in [-0.4, -0.2) is 10.7 Å². The third kappa shape index (κ3) is 2.63. The first-order chi connectivity index (χ1) is 10.5. The minimum absolute atomic E-state index is 0.0363.